The highest BCUT2D eigenvalue weighted by Crippen LogP contribution is 2.26. The van der Waals surface area contributed by atoms with Crippen molar-refractivity contribution < 1.29 is 27.3 Å². The summed E-state index contributed by atoms with van der Waals surface area (Å²) in [6.45, 7) is 0. The van der Waals surface area contributed by atoms with E-state index in [0.29, 0.717) is 0 Å². The van der Waals surface area contributed by atoms with Gasteiger partial charge in [-0.2, -0.15) is 13.2 Å². The molecule has 1 rings (SSSR count). The maximum Gasteiger partial charge on any atom is 0.488 e. The van der Waals surface area contributed by atoms with Crippen LogP contribution in [0.2, 0.25) is 0 Å². The SMILES string of the molecule is [2H]c1nc(C(F)(F)F)c([2H])c(B(O)O)c1[2H]. The van der Waals surface area contributed by atoms with Crippen molar-refractivity contribution in [1.29, 1.82) is 0 Å². The molecule has 0 amide bonds. The van der Waals surface area contributed by atoms with E-state index >= 15 is 0 Å². The number of aromatic nitrogens is 1. The molecule has 1 heterocycles. The fourth-order valence-corrected chi connectivity index (χ4v) is 0.594. The first-order valence-electron chi connectivity index (χ1n) is 4.57. The first-order chi connectivity index (χ1) is 7.16. The molecule has 0 aliphatic carbocycles. The number of hydrogen-bond acceptors (Lipinski definition) is 3. The molecule has 0 atom stereocenters. The summed E-state index contributed by atoms with van der Waals surface area (Å²) in [5.74, 6) is 0. The summed E-state index contributed by atoms with van der Waals surface area (Å²) in [5.41, 5.74) is -2.69. The Morgan fingerprint density at radius 1 is 1.46 bits per heavy atom. The van der Waals surface area contributed by atoms with Crippen LogP contribution in [0, 0.1) is 0 Å². The molecule has 3 nitrogen and oxygen atoms in total. The molecule has 0 spiro atoms. The molecule has 0 aromatic carbocycles. The summed E-state index contributed by atoms with van der Waals surface area (Å²) in [6.07, 6.45) is -6.05. The first kappa shape index (κ1) is 6.39. The highest BCUT2D eigenvalue weighted by atomic mass is 19.4. The van der Waals surface area contributed by atoms with E-state index in [1.807, 2.05) is 0 Å². The third-order valence-electron chi connectivity index (χ3n) is 1.14. The topological polar surface area (TPSA) is 53.4 Å². The van der Waals surface area contributed by atoms with Gasteiger partial charge in [0.2, 0.25) is 0 Å². The van der Waals surface area contributed by atoms with Crippen LogP contribution in [0.25, 0.3) is 0 Å². The maximum atomic E-state index is 12.3. The second-order valence-corrected chi connectivity index (χ2v) is 2.11. The van der Waals surface area contributed by atoms with Crippen LogP contribution in [-0.2, 0) is 6.18 Å². The van der Waals surface area contributed by atoms with Crippen molar-refractivity contribution >= 4 is 12.6 Å². The molecule has 0 aliphatic heterocycles. The molecule has 2 N–H and O–H groups in total. The van der Waals surface area contributed by atoms with E-state index in [2.05, 4.69) is 4.98 Å². The number of alkyl halides is 3. The van der Waals surface area contributed by atoms with Crippen LogP contribution < -0.4 is 5.46 Å². The van der Waals surface area contributed by atoms with Crippen molar-refractivity contribution in [2.75, 3.05) is 0 Å². The lowest BCUT2D eigenvalue weighted by molar-refractivity contribution is -0.141. The van der Waals surface area contributed by atoms with Gasteiger partial charge in [0.15, 0.2) is 0 Å². The van der Waals surface area contributed by atoms with Crippen molar-refractivity contribution in [3.05, 3.63) is 24.0 Å². The van der Waals surface area contributed by atoms with Crippen LogP contribution >= 0.6 is 0 Å². The number of nitrogens with zero attached hydrogens (tertiary/aromatic N) is 1. The van der Waals surface area contributed by atoms with Gasteiger partial charge in [0.1, 0.15) is 5.69 Å². The molecule has 1 aromatic heterocycles. The van der Waals surface area contributed by atoms with Gasteiger partial charge < -0.3 is 10.0 Å². The van der Waals surface area contributed by atoms with Gasteiger partial charge in [0.25, 0.3) is 0 Å². The molecular weight excluding hydrogens is 186 g/mol. The lowest BCUT2D eigenvalue weighted by Gasteiger charge is -2.06. The molecular formula is C6H5BF3NO2. The Morgan fingerprint density at radius 3 is 2.54 bits per heavy atom. The Kier molecular flexibility index (Phi) is 1.65. The zero-order valence-corrected chi connectivity index (χ0v) is 6.05. The molecule has 70 valence electrons. The minimum atomic E-state index is -4.98. The van der Waals surface area contributed by atoms with Gasteiger partial charge >= 0.3 is 13.3 Å². The Bertz CT molecular complexity index is 426. The molecule has 0 fully saturated rings. The van der Waals surface area contributed by atoms with E-state index in [-0.39, 0.29) is 0 Å². The monoisotopic (exact) mass is 194 g/mol. The van der Waals surface area contributed by atoms with Gasteiger partial charge in [-0.3, -0.25) is 4.98 Å². The standard InChI is InChI=1S/C6H5BF3NO2/c8-6(9,10)5-3-4(7(12)13)1-2-11-5/h1-3,12-13H/i1D,2D,3D. The fourth-order valence-electron chi connectivity index (χ4n) is 0.594. The third-order valence-corrected chi connectivity index (χ3v) is 1.14. The van der Waals surface area contributed by atoms with Gasteiger partial charge in [-0.15, -0.1) is 0 Å². The Labute approximate surface area is 76.2 Å². The van der Waals surface area contributed by atoms with Crippen LogP contribution in [0.5, 0.6) is 0 Å². The highest BCUT2D eigenvalue weighted by Gasteiger charge is 2.33. The van der Waals surface area contributed by atoms with Crippen molar-refractivity contribution in [2.24, 2.45) is 0 Å². The molecule has 0 unspecified atom stereocenters. The van der Waals surface area contributed by atoms with Gasteiger partial charge in [-0.1, -0.05) is 0 Å². The van der Waals surface area contributed by atoms with Crippen LogP contribution in [-0.4, -0.2) is 22.2 Å². The summed E-state index contributed by atoms with van der Waals surface area (Å²) >= 11 is 0. The normalized spacial score (nSPS) is 14.7. The summed E-state index contributed by atoms with van der Waals surface area (Å²) in [7, 11) is -2.42. The zero-order valence-electron chi connectivity index (χ0n) is 9.05. The van der Waals surface area contributed by atoms with E-state index < -0.39 is 42.7 Å². The zero-order chi connectivity index (χ0) is 12.7. The summed E-state index contributed by atoms with van der Waals surface area (Å²) in [4.78, 5) is 2.73. The predicted molar refractivity (Wildman–Crippen MR) is 39.1 cm³/mol. The number of hydrogen-bond donors (Lipinski definition) is 2. The van der Waals surface area contributed by atoms with Crippen LogP contribution in [0.1, 0.15) is 9.81 Å². The van der Waals surface area contributed by atoms with Crippen molar-refractivity contribution in [3.8, 4) is 0 Å². The molecule has 7 heteroatoms. The smallest absolute Gasteiger partial charge is 0.423 e. The van der Waals surface area contributed by atoms with Crippen molar-refractivity contribution in [3.63, 3.8) is 0 Å². The van der Waals surface area contributed by atoms with Crippen LogP contribution in [0.4, 0.5) is 13.2 Å². The number of pyridine rings is 1. The second kappa shape index (κ2) is 3.35. The average Bonchev–Trinajstić information content (AvgIpc) is 2.09. The van der Waals surface area contributed by atoms with Gasteiger partial charge in [0.05, 0.1) is 4.11 Å². The maximum absolute atomic E-state index is 12.3. The Balaban J connectivity index is 3.57. The van der Waals surface area contributed by atoms with Crippen LogP contribution in [0.3, 0.4) is 0 Å². The number of halogens is 3. The quantitative estimate of drug-likeness (QED) is 0.607. The molecule has 1 aromatic rings. The molecule has 0 saturated heterocycles. The van der Waals surface area contributed by atoms with E-state index in [0.717, 1.165) is 0 Å². The summed E-state index contributed by atoms with van der Waals surface area (Å²) in [5, 5.41) is 17.5. The third kappa shape index (κ3) is 2.43. The van der Waals surface area contributed by atoms with E-state index in [9.17, 15) is 13.2 Å². The van der Waals surface area contributed by atoms with Crippen molar-refractivity contribution in [2.45, 2.75) is 6.18 Å². The van der Waals surface area contributed by atoms with Gasteiger partial charge in [-0.05, 0) is 17.5 Å². The van der Waals surface area contributed by atoms with Crippen molar-refractivity contribution in [1.82, 2.24) is 4.98 Å². The summed E-state index contributed by atoms with van der Waals surface area (Å²) < 4.78 is 58.1. The minimum Gasteiger partial charge on any atom is -0.423 e. The average molecular weight is 194 g/mol. The predicted octanol–water partition coefficient (Wildman–Crippen LogP) is -0.220. The molecule has 13 heavy (non-hydrogen) atoms. The van der Waals surface area contributed by atoms with E-state index in [1.165, 1.54) is 0 Å². The van der Waals surface area contributed by atoms with Gasteiger partial charge in [0, 0.05) is 6.17 Å². The number of rotatable bonds is 1. The Hall–Kier alpha value is -1.08. The highest BCUT2D eigenvalue weighted by molar-refractivity contribution is 6.58. The van der Waals surface area contributed by atoms with E-state index in [1.54, 1.807) is 0 Å². The van der Waals surface area contributed by atoms with E-state index in [4.69, 9.17) is 14.2 Å². The molecule has 0 bridgehead atoms. The molecule has 0 saturated carbocycles. The summed E-state index contributed by atoms with van der Waals surface area (Å²) in [6, 6.07) is -2.21. The van der Waals surface area contributed by atoms with Gasteiger partial charge in [-0.25, -0.2) is 0 Å². The fraction of sp³-hybridized carbons (Fsp3) is 0.167. The second-order valence-electron chi connectivity index (χ2n) is 2.11. The molecule has 0 radical (unpaired) electrons. The Morgan fingerprint density at radius 2 is 2.08 bits per heavy atom. The first-order valence-corrected chi connectivity index (χ1v) is 3.07. The lowest BCUT2D eigenvalue weighted by Crippen LogP contribution is -2.31. The lowest BCUT2D eigenvalue weighted by atomic mass is 9.81. The largest absolute Gasteiger partial charge is 0.488 e. The van der Waals surface area contributed by atoms with Crippen LogP contribution in [0.15, 0.2) is 18.3 Å². The minimum absolute atomic E-state index is 0.909. The molecule has 0 aliphatic rings.